The second-order valence-electron chi connectivity index (χ2n) is 16.1. The molecular weight excluding hydrogens is 751 g/mol. The molecular formula is C60H39NO. The topological polar surface area (TPSA) is 16.4 Å². The average molecular weight is 790 g/mol. The van der Waals surface area contributed by atoms with E-state index in [4.69, 9.17) is 4.42 Å². The van der Waals surface area contributed by atoms with Crippen LogP contribution in [0.1, 0.15) is 0 Å². The summed E-state index contributed by atoms with van der Waals surface area (Å²) < 4.78 is 6.20. The van der Waals surface area contributed by atoms with Crippen molar-refractivity contribution < 1.29 is 4.42 Å². The highest BCUT2D eigenvalue weighted by Gasteiger charge is 2.19. The van der Waals surface area contributed by atoms with Crippen LogP contribution in [0.5, 0.6) is 0 Å². The van der Waals surface area contributed by atoms with Gasteiger partial charge in [-0.25, -0.2) is 0 Å². The molecule has 12 rings (SSSR count). The lowest BCUT2D eigenvalue weighted by Crippen LogP contribution is -2.10. The molecule has 0 fully saturated rings. The van der Waals surface area contributed by atoms with Crippen molar-refractivity contribution >= 4 is 71.3 Å². The summed E-state index contributed by atoms with van der Waals surface area (Å²) in [5, 5.41) is 9.69. The Morgan fingerprint density at radius 2 is 0.790 bits per heavy atom. The second kappa shape index (κ2) is 14.8. The Hall–Kier alpha value is -8.20. The third-order valence-electron chi connectivity index (χ3n) is 12.5. The molecule has 2 nitrogen and oxygen atoms in total. The number of nitrogens with zero attached hydrogens (tertiary/aromatic N) is 1. The number of furan rings is 1. The van der Waals surface area contributed by atoms with Crippen LogP contribution in [-0.2, 0) is 0 Å². The van der Waals surface area contributed by atoms with E-state index in [1.807, 2.05) is 12.1 Å². The van der Waals surface area contributed by atoms with Crippen LogP contribution in [0, 0.1) is 0 Å². The van der Waals surface area contributed by atoms with E-state index in [1.54, 1.807) is 0 Å². The van der Waals surface area contributed by atoms with Gasteiger partial charge in [0.2, 0.25) is 0 Å². The summed E-state index contributed by atoms with van der Waals surface area (Å²) in [6.07, 6.45) is 0. The summed E-state index contributed by atoms with van der Waals surface area (Å²) in [7, 11) is 0. The quantitative estimate of drug-likeness (QED) is 0.150. The summed E-state index contributed by atoms with van der Waals surface area (Å²) in [6.45, 7) is 0. The highest BCUT2D eigenvalue weighted by atomic mass is 16.3. The van der Waals surface area contributed by atoms with Crippen molar-refractivity contribution in [1.29, 1.82) is 0 Å². The van der Waals surface area contributed by atoms with Gasteiger partial charge in [0.25, 0.3) is 0 Å². The zero-order chi connectivity index (χ0) is 41.0. The normalized spacial score (nSPS) is 11.5. The van der Waals surface area contributed by atoms with Gasteiger partial charge in [0, 0.05) is 27.5 Å². The molecule has 1 aromatic heterocycles. The van der Waals surface area contributed by atoms with Crippen molar-refractivity contribution in [3.05, 3.63) is 237 Å². The molecule has 0 aliphatic heterocycles. The number of hydrogen-bond acceptors (Lipinski definition) is 2. The van der Waals surface area contributed by atoms with E-state index in [2.05, 4.69) is 229 Å². The Kier molecular flexibility index (Phi) is 8.53. The smallest absolute Gasteiger partial charge is 0.136 e. The minimum absolute atomic E-state index is 0.910. The molecule has 290 valence electrons. The first kappa shape index (κ1) is 35.7. The van der Waals surface area contributed by atoms with Crippen LogP contribution in [0.4, 0.5) is 17.1 Å². The molecule has 0 unspecified atom stereocenters. The molecule has 62 heavy (non-hydrogen) atoms. The summed E-state index contributed by atoms with van der Waals surface area (Å²) in [6, 6.07) is 85.5. The van der Waals surface area contributed by atoms with Gasteiger partial charge in [0.1, 0.15) is 11.2 Å². The van der Waals surface area contributed by atoms with Crippen molar-refractivity contribution in [1.82, 2.24) is 0 Å². The van der Waals surface area contributed by atoms with E-state index in [0.29, 0.717) is 0 Å². The Morgan fingerprint density at radius 3 is 1.52 bits per heavy atom. The Balaban J connectivity index is 0.939. The van der Waals surface area contributed by atoms with Gasteiger partial charge >= 0.3 is 0 Å². The summed E-state index contributed by atoms with van der Waals surface area (Å²) >= 11 is 0. The lowest BCUT2D eigenvalue weighted by molar-refractivity contribution is 0.669. The van der Waals surface area contributed by atoms with E-state index in [1.165, 1.54) is 60.1 Å². The van der Waals surface area contributed by atoms with Gasteiger partial charge in [0.15, 0.2) is 0 Å². The van der Waals surface area contributed by atoms with Gasteiger partial charge in [-0.05, 0) is 120 Å². The van der Waals surface area contributed by atoms with Crippen LogP contribution in [0.15, 0.2) is 241 Å². The van der Waals surface area contributed by atoms with Crippen LogP contribution >= 0.6 is 0 Å². The van der Waals surface area contributed by atoms with Crippen LogP contribution in [0.3, 0.4) is 0 Å². The van der Waals surface area contributed by atoms with Gasteiger partial charge in [-0.2, -0.15) is 0 Å². The van der Waals surface area contributed by atoms with E-state index >= 15 is 0 Å². The van der Waals surface area contributed by atoms with E-state index in [9.17, 15) is 0 Å². The Labute approximate surface area is 360 Å². The molecule has 0 bridgehead atoms. The number of rotatable bonds is 7. The largest absolute Gasteiger partial charge is 0.456 e. The van der Waals surface area contributed by atoms with Crippen LogP contribution in [-0.4, -0.2) is 0 Å². The molecule has 0 aliphatic rings. The number of anilines is 3. The van der Waals surface area contributed by atoms with Crippen LogP contribution in [0.2, 0.25) is 0 Å². The standard InChI is InChI=1S/C60H39NO/c1-2-13-45(14-3-1)60-51-17-7-4-12-43(51)30-36-52(60)44-28-34-49(35-29-44)61(57-38-47-15-5-6-16-50(47)53-18-8-9-19-54(53)57)48-32-26-41(27-33-48)40-22-24-42(25-23-40)46-31-37-56-55-20-10-11-21-58(55)62-59(56)39-46/h1-39H. The molecule has 0 amide bonds. The lowest BCUT2D eigenvalue weighted by Gasteiger charge is -2.28. The van der Waals surface area contributed by atoms with E-state index < -0.39 is 0 Å². The molecule has 1 heterocycles. The maximum absolute atomic E-state index is 6.20. The monoisotopic (exact) mass is 789 g/mol. The molecule has 0 atom stereocenters. The Morgan fingerprint density at radius 1 is 0.274 bits per heavy atom. The van der Waals surface area contributed by atoms with Crippen molar-refractivity contribution in [3.63, 3.8) is 0 Å². The van der Waals surface area contributed by atoms with Gasteiger partial charge in [-0.1, -0.05) is 188 Å². The molecule has 2 heteroatoms. The second-order valence-corrected chi connectivity index (χ2v) is 16.1. The molecule has 0 radical (unpaired) electrons. The van der Waals surface area contributed by atoms with E-state index in [-0.39, 0.29) is 0 Å². The summed E-state index contributed by atoms with van der Waals surface area (Å²) in [5.74, 6) is 0. The molecule has 12 aromatic rings. The third kappa shape index (κ3) is 6.12. The lowest BCUT2D eigenvalue weighted by atomic mass is 9.89. The minimum atomic E-state index is 0.910. The highest BCUT2D eigenvalue weighted by Crippen LogP contribution is 2.44. The zero-order valence-corrected chi connectivity index (χ0v) is 33.9. The van der Waals surface area contributed by atoms with Crippen molar-refractivity contribution in [2.45, 2.75) is 0 Å². The van der Waals surface area contributed by atoms with Gasteiger partial charge in [-0.15, -0.1) is 0 Å². The van der Waals surface area contributed by atoms with Crippen molar-refractivity contribution in [2.75, 3.05) is 4.90 Å². The fourth-order valence-electron chi connectivity index (χ4n) is 9.43. The maximum atomic E-state index is 6.20. The molecule has 11 aromatic carbocycles. The van der Waals surface area contributed by atoms with Gasteiger partial charge in [-0.3, -0.25) is 0 Å². The fraction of sp³-hybridized carbons (Fsp3) is 0. The first-order valence-electron chi connectivity index (χ1n) is 21.2. The predicted molar refractivity (Wildman–Crippen MR) is 263 cm³/mol. The first-order valence-corrected chi connectivity index (χ1v) is 21.2. The predicted octanol–water partition coefficient (Wildman–Crippen LogP) is 17.2. The molecule has 0 spiro atoms. The summed E-state index contributed by atoms with van der Waals surface area (Å²) in [5.41, 5.74) is 14.6. The zero-order valence-electron chi connectivity index (χ0n) is 33.9. The first-order chi connectivity index (χ1) is 30.7. The Bertz CT molecular complexity index is 3600. The maximum Gasteiger partial charge on any atom is 0.136 e. The number of hydrogen-bond donors (Lipinski definition) is 0. The van der Waals surface area contributed by atoms with Crippen LogP contribution < -0.4 is 4.90 Å². The molecule has 0 aliphatic carbocycles. The fourth-order valence-corrected chi connectivity index (χ4v) is 9.43. The number of fused-ring (bicyclic) bond motifs is 7. The number of para-hydroxylation sites is 1. The van der Waals surface area contributed by atoms with Crippen molar-refractivity contribution in [2.24, 2.45) is 0 Å². The average Bonchev–Trinajstić information content (AvgIpc) is 3.73. The van der Waals surface area contributed by atoms with Gasteiger partial charge in [0.05, 0.1) is 5.69 Å². The third-order valence-corrected chi connectivity index (χ3v) is 12.5. The minimum Gasteiger partial charge on any atom is -0.456 e. The SMILES string of the molecule is c1ccc(-c2c(-c3ccc(N(c4ccc(-c5ccc(-c6ccc7c(c6)oc6ccccc67)cc5)cc4)c4cc5ccccc5c5ccccc45)cc3)ccc3ccccc23)cc1. The summed E-state index contributed by atoms with van der Waals surface area (Å²) in [4.78, 5) is 2.41. The molecule has 0 saturated heterocycles. The highest BCUT2D eigenvalue weighted by molar-refractivity contribution is 6.15. The number of benzene rings is 11. The molecule has 0 saturated carbocycles. The van der Waals surface area contributed by atoms with Gasteiger partial charge < -0.3 is 9.32 Å². The van der Waals surface area contributed by atoms with Crippen molar-refractivity contribution in [3.8, 4) is 44.5 Å². The molecule has 0 N–H and O–H groups in total. The van der Waals surface area contributed by atoms with Crippen LogP contribution in [0.25, 0.3) is 98.8 Å². The van der Waals surface area contributed by atoms with E-state index in [0.717, 1.165) is 55.7 Å².